The van der Waals surface area contributed by atoms with Gasteiger partial charge in [0, 0.05) is 5.56 Å². The molecule has 1 heterocycles. The first-order chi connectivity index (χ1) is 11.6. The Morgan fingerprint density at radius 2 is 1.88 bits per heavy atom. The smallest absolute Gasteiger partial charge is 0.216 e. The molecule has 0 atom stereocenters. The van der Waals surface area contributed by atoms with Gasteiger partial charge >= 0.3 is 0 Å². The van der Waals surface area contributed by atoms with Gasteiger partial charge < -0.3 is 0 Å². The highest BCUT2D eigenvalue weighted by Gasteiger charge is 2.11. The molecule has 0 aliphatic rings. The predicted octanol–water partition coefficient (Wildman–Crippen LogP) is 5.27. The molecule has 1 aromatic heterocycles. The molecule has 6 heteroatoms. The van der Waals surface area contributed by atoms with Gasteiger partial charge in [0.15, 0.2) is 5.82 Å². The molecular weight excluding hydrogens is 340 g/mol. The van der Waals surface area contributed by atoms with Crippen LogP contribution in [0.1, 0.15) is 30.9 Å². The third kappa shape index (κ3) is 3.47. The fourth-order valence-electron chi connectivity index (χ4n) is 2.31. The lowest BCUT2D eigenvalue weighted by atomic mass is 10.0. The zero-order valence-electron chi connectivity index (χ0n) is 13.4. The van der Waals surface area contributed by atoms with Crippen molar-refractivity contribution in [3.05, 3.63) is 69.5 Å². The van der Waals surface area contributed by atoms with E-state index in [-0.39, 0.29) is 0 Å². The Bertz CT molecular complexity index is 923. The van der Waals surface area contributed by atoms with Crippen LogP contribution < -0.4 is 0 Å². The first-order valence-electron chi connectivity index (χ1n) is 7.63. The van der Waals surface area contributed by atoms with Crippen molar-refractivity contribution in [1.29, 1.82) is 0 Å². The summed E-state index contributed by atoms with van der Waals surface area (Å²) >= 11 is 11.5. The van der Waals surface area contributed by atoms with Gasteiger partial charge in [-0.2, -0.15) is 14.9 Å². The van der Waals surface area contributed by atoms with Gasteiger partial charge in [0.1, 0.15) is 0 Å². The Morgan fingerprint density at radius 1 is 1.17 bits per heavy atom. The topological polar surface area (TPSA) is 46.0 Å². The molecule has 0 aliphatic carbocycles. The van der Waals surface area contributed by atoms with E-state index in [1.54, 1.807) is 10.9 Å². The summed E-state index contributed by atoms with van der Waals surface area (Å²) in [6.45, 7) is 4.34. The highest BCUT2D eigenvalue weighted by atomic mass is 35.5. The van der Waals surface area contributed by atoms with Gasteiger partial charge in [-0.05, 0) is 41.4 Å². The van der Waals surface area contributed by atoms with Gasteiger partial charge in [-0.1, -0.05) is 61.8 Å². The molecule has 0 saturated heterocycles. The number of H-pyrrole nitrogens is 1. The van der Waals surface area contributed by atoms with E-state index in [4.69, 9.17) is 23.8 Å². The molecular formula is C18H17ClN4S. The molecule has 122 valence electrons. The number of hydrogen-bond donors (Lipinski definition) is 1. The second-order valence-electron chi connectivity index (χ2n) is 5.71. The van der Waals surface area contributed by atoms with Crippen molar-refractivity contribution in [1.82, 2.24) is 14.9 Å². The third-order valence-electron chi connectivity index (χ3n) is 3.69. The van der Waals surface area contributed by atoms with E-state index in [2.05, 4.69) is 41.3 Å². The fraction of sp³-hybridized carbons (Fsp3) is 0.167. The number of nitrogens with zero attached hydrogens (tertiary/aromatic N) is 3. The lowest BCUT2D eigenvalue weighted by molar-refractivity contribution is 0.865. The predicted molar refractivity (Wildman–Crippen MR) is 101 cm³/mol. The number of rotatable bonds is 4. The molecule has 0 unspecified atom stereocenters. The minimum Gasteiger partial charge on any atom is -0.250 e. The van der Waals surface area contributed by atoms with Crippen molar-refractivity contribution in [3.63, 3.8) is 0 Å². The average molecular weight is 357 g/mol. The molecule has 4 nitrogen and oxygen atoms in total. The standard InChI is InChI=1S/C18H17ClN4S/c1-12(2)14-9-7-13(8-10-14)11-20-23-17(21-22-18(23)24)15-5-3-4-6-16(15)19/h3-12H,1-2H3,(H,22,24)/b20-11+. The van der Waals surface area contributed by atoms with Crippen LogP contribution in [-0.4, -0.2) is 21.1 Å². The van der Waals surface area contributed by atoms with Gasteiger partial charge in [-0.15, -0.1) is 0 Å². The Kier molecular flexibility index (Phi) is 4.92. The third-order valence-corrected chi connectivity index (χ3v) is 4.28. The molecule has 0 spiro atoms. The maximum Gasteiger partial charge on any atom is 0.216 e. The minimum atomic E-state index is 0.417. The second-order valence-corrected chi connectivity index (χ2v) is 6.50. The van der Waals surface area contributed by atoms with Crippen LogP contribution in [0.25, 0.3) is 11.4 Å². The molecule has 24 heavy (non-hydrogen) atoms. The maximum absolute atomic E-state index is 6.25. The van der Waals surface area contributed by atoms with Crippen molar-refractivity contribution in [3.8, 4) is 11.4 Å². The summed E-state index contributed by atoms with van der Waals surface area (Å²) in [6.07, 6.45) is 1.76. The van der Waals surface area contributed by atoms with Crippen molar-refractivity contribution < 1.29 is 0 Å². The number of hydrogen-bond acceptors (Lipinski definition) is 3. The zero-order valence-corrected chi connectivity index (χ0v) is 15.0. The lowest BCUT2D eigenvalue weighted by Crippen LogP contribution is -1.96. The summed E-state index contributed by atoms with van der Waals surface area (Å²) < 4.78 is 1.99. The van der Waals surface area contributed by atoms with Crippen LogP contribution in [0, 0.1) is 4.77 Å². The number of aromatic nitrogens is 3. The van der Waals surface area contributed by atoms with E-state index < -0.39 is 0 Å². The Hall–Kier alpha value is -2.24. The summed E-state index contributed by atoms with van der Waals surface area (Å²) in [4.78, 5) is 0. The van der Waals surface area contributed by atoms with Crippen molar-refractivity contribution >= 4 is 30.0 Å². The monoisotopic (exact) mass is 356 g/mol. The maximum atomic E-state index is 6.25. The minimum absolute atomic E-state index is 0.417. The van der Waals surface area contributed by atoms with Crippen LogP contribution in [0.15, 0.2) is 53.6 Å². The highest BCUT2D eigenvalue weighted by Crippen LogP contribution is 2.25. The van der Waals surface area contributed by atoms with Crippen LogP contribution in [0.5, 0.6) is 0 Å². The molecule has 0 radical (unpaired) electrons. The molecule has 0 fully saturated rings. The normalized spacial score (nSPS) is 11.5. The summed E-state index contributed by atoms with van der Waals surface area (Å²) in [5.41, 5.74) is 3.07. The Balaban J connectivity index is 1.95. The molecule has 0 aliphatic heterocycles. The summed E-state index contributed by atoms with van der Waals surface area (Å²) in [7, 11) is 0. The van der Waals surface area contributed by atoms with Gasteiger partial charge in [-0.25, -0.2) is 5.10 Å². The van der Waals surface area contributed by atoms with E-state index >= 15 is 0 Å². The average Bonchev–Trinajstić information content (AvgIpc) is 2.94. The first-order valence-corrected chi connectivity index (χ1v) is 8.41. The summed E-state index contributed by atoms with van der Waals surface area (Å²) in [5.74, 6) is 1.09. The van der Waals surface area contributed by atoms with E-state index in [0.717, 1.165) is 11.1 Å². The molecule has 2 aromatic carbocycles. The molecule has 1 N–H and O–H groups in total. The highest BCUT2D eigenvalue weighted by molar-refractivity contribution is 7.71. The fourth-order valence-corrected chi connectivity index (χ4v) is 2.71. The molecule has 3 rings (SSSR count). The summed E-state index contributed by atoms with van der Waals surface area (Å²) in [5, 5.41) is 12.1. The largest absolute Gasteiger partial charge is 0.250 e. The van der Waals surface area contributed by atoms with Crippen molar-refractivity contribution in [2.24, 2.45) is 5.10 Å². The number of halogens is 1. The van der Waals surface area contributed by atoms with E-state index in [9.17, 15) is 0 Å². The number of nitrogens with one attached hydrogen (secondary N) is 1. The van der Waals surface area contributed by atoms with E-state index in [1.165, 1.54) is 5.56 Å². The van der Waals surface area contributed by atoms with E-state index in [1.807, 2.05) is 36.4 Å². The van der Waals surface area contributed by atoms with Crippen LogP contribution in [0.3, 0.4) is 0 Å². The van der Waals surface area contributed by atoms with Gasteiger partial charge in [-0.3, -0.25) is 0 Å². The van der Waals surface area contributed by atoms with Crippen molar-refractivity contribution in [2.75, 3.05) is 0 Å². The molecule has 0 bridgehead atoms. The SMILES string of the molecule is CC(C)c1ccc(/C=N/n2c(-c3ccccc3Cl)n[nH]c2=S)cc1. The van der Waals surface area contributed by atoms with Crippen LogP contribution in [0.4, 0.5) is 0 Å². The lowest BCUT2D eigenvalue weighted by Gasteiger charge is -2.05. The molecule has 0 amide bonds. The van der Waals surface area contributed by atoms with Gasteiger partial charge in [0.2, 0.25) is 4.77 Å². The molecule has 3 aromatic rings. The van der Waals surface area contributed by atoms with Crippen LogP contribution in [0.2, 0.25) is 5.02 Å². The van der Waals surface area contributed by atoms with Crippen LogP contribution >= 0.6 is 23.8 Å². The van der Waals surface area contributed by atoms with Gasteiger partial charge in [0.25, 0.3) is 0 Å². The number of aromatic amines is 1. The number of benzene rings is 2. The quantitative estimate of drug-likeness (QED) is 0.511. The Labute approximate surface area is 150 Å². The Morgan fingerprint density at radius 3 is 2.54 bits per heavy atom. The van der Waals surface area contributed by atoms with Gasteiger partial charge in [0.05, 0.1) is 11.2 Å². The molecule has 0 saturated carbocycles. The summed E-state index contributed by atoms with van der Waals surface area (Å²) in [6, 6.07) is 15.8. The van der Waals surface area contributed by atoms with Crippen LogP contribution in [-0.2, 0) is 0 Å². The van der Waals surface area contributed by atoms with E-state index in [0.29, 0.717) is 21.5 Å². The first kappa shape index (κ1) is 16.6. The van der Waals surface area contributed by atoms with Crippen molar-refractivity contribution in [2.45, 2.75) is 19.8 Å². The zero-order chi connectivity index (χ0) is 17.1. The second kappa shape index (κ2) is 7.11.